The standard InChI is InChI=1S/C10H23NOS/c1-8(9(6-12)13-5)11-7-10(2,3)4/h8-9,11-12H,6-7H2,1-5H3. The van der Waals surface area contributed by atoms with E-state index in [2.05, 4.69) is 33.0 Å². The highest BCUT2D eigenvalue weighted by atomic mass is 32.2. The quantitative estimate of drug-likeness (QED) is 0.717. The monoisotopic (exact) mass is 205 g/mol. The average molecular weight is 205 g/mol. The predicted molar refractivity (Wildman–Crippen MR) is 61.3 cm³/mol. The molecule has 3 heteroatoms. The van der Waals surface area contributed by atoms with Gasteiger partial charge in [0.25, 0.3) is 0 Å². The highest BCUT2D eigenvalue weighted by Gasteiger charge is 2.17. The molecule has 0 aliphatic carbocycles. The molecular weight excluding hydrogens is 182 g/mol. The van der Waals surface area contributed by atoms with Crippen LogP contribution >= 0.6 is 11.8 Å². The van der Waals surface area contributed by atoms with Crippen molar-refractivity contribution in [2.45, 2.75) is 39.0 Å². The molecule has 0 aliphatic heterocycles. The SMILES string of the molecule is CSC(CO)C(C)NCC(C)(C)C. The first-order valence-electron chi connectivity index (χ1n) is 4.77. The predicted octanol–water partition coefficient (Wildman–Crippen LogP) is 1.73. The lowest BCUT2D eigenvalue weighted by Gasteiger charge is -2.26. The Bertz CT molecular complexity index is 129. The summed E-state index contributed by atoms with van der Waals surface area (Å²) in [7, 11) is 0. The van der Waals surface area contributed by atoms with Gasteiger partial charge in [-0.25, -0.2) is 0 Å². The van der Waals surface area contributed by atoms with Crippen molar-refractivity contribution < 1.29 is 5.11 Å². The van der Waals surface area contributed by atoms with Crippen LogP contribution in [0.2, 0.25) is 0 Å². The lowest BCUT2D eigenvalue weighted by molar-refractivity contribution is 0.266. The summed E-state index contributed by atoms with van der Waals surface area (Å²) in [6.45, 7) is 9.99. The van der Waals surface area contributed by atoms with E-state index >= 15 is 0 Å². The highest BCUT2D eigenvalue weighted by molar-refractivity contribution is 7.99. The minimum atomic E-state index is 0.249. The summed E-state index contributed by atoms with van der Waals surface area (Å²) in [5.41, 5.74) is 0.312. The van der Waals surface area contributed by atoms with Gasteiger partial charge in [-0.2, -0.15) is 11.8 Å². The maximum atomic E-state index is 9.07. The average Bonchev–Trinajstić information content (AvgIpc) is 2.02. The second-order valence-corrected chi connectivity index (χ2v) is 5.76. The van der Waals surface area contributed by atoms with E-state index in [-0.39, 0.29) is 6.61 Å². The van der Waals surface area contributed by atoms with Gasteiger partial charge < -0.3 is 10.4 Å². The summed E-state index contributed by atoms with van der Waals surface area (Å²) >= 11 is 1.72. The first-order valence-corrected chi connectivity index (χ1v) is 6.06. The molecule has 0 aromatic rings. The number of hydrogen-bond acceptors (Lipinski definition) is 3. The van der Waals surface area contributed by atoms with E-state index in [0.29, 0.717) is 16.7 Å². The molecule has 0 fully saturated rings. The van der Waals surface area contributed by atoms with Crippen LogP contribution in [-0.2, 0) is 0 Å². The van der Waals surface area contributed by atoms with Crippen molar-refractivity contribution >= 4 is 11.8 Å². The van der Waals surface area contributed by atoms with Crippen molar-refractivity contribution in [1.82, 2.24) is 5.32 Å². The summed E-state index contributed by atoms with van der Waals surface area (Å²) in [6, 6.07) is 0.374. The van der Waals surface area contributed by atoms with Gasteiger partial charge in [-0.3, -0.25) is 0 Å². The Morgan fingerprint density at radius 3 is 2.23 bits per heavy atom. The number of hydrogen-bond donors (Lipinski definition) is 2. The second kappa shape index (κ2) is 5.89. The number of aliphatic hydroxyl groups is 1. The van der Waals surface area contributed by atoms with E-state index in [0.717, 1.165) is 6.54 Å². The smallest absolute Gasteiger partial charge is 0.0564 e. The summed E-state index contributed by atoms with van der Waals surface area (Å²) in [6.07, 6.45) is 2.04. The van der Waals surface area contributed by atoms with Gasteiger partial charge in [0, 0.05) is 17.8 Å². The van der Waals surface area contributed by atoms with Crippen LogP contribution in [-0.4, -0.2) is 35.8 Å². The largest absolute Gasteiger partial charge is 0.395 e. The third kappa shape index (κ3) is 6.36. The van der Waals surface area contributed by atoms with Crippen molar-refractivity contribution in [3.63, 3.8) is 0 Å². The third-order valence-corrected chi connectivity index (χ3v) is 3.16. The van der Waals surface area contributed by atoms with E-state index in [9.17, 15) is 0 Å². The van der Waals surface area contributed by atoms with Crippen LogP contribution in [0.4, 0.5) is 0 Å². The van der Waals surface area contributed by atoms with Gasteiger partial charge in [0.15, 0.2) is 0 Å². The maximum Gasteiger partial charge on any atom is 0.0564 e. The van der Waals surface area contributed by atoms with Gasteiger partial charge in [-0.15, -0.1) is 0 Å². The second-order valence-electron chi connectivity index (χ2n) is 4.69. The first kappa shape index (κ1) is 13.3. The van der Waals surface area contributed by atoms with Crippen LogP contribution in [0.25, 0.3) is 0 Å². The molecule has 0 saturated carbocycles. The molecule has 13 heavy (non-hydrogen) atoms. The molecular formula is C10H23NOS. The molecule has 0 radical (unpaired) electrons. The first-order chi connectivity index (χ1) is 5.90. The van der Waals surface area contributed by atoms with E-state index in [1.807, 2.05) is 6.26 Å². The van der Waals surface area contributed by atoms with Gasteiger partial charge in [0.05, 0.1) is 6.61 Å². The number of rotatable bonds is 5. The van der Waals surface area contributed by atoms with Gasteiger partial charge in [0.2, 0.25) is 0 Å². The van der Waals surface area contributed by atoms with E-state index < -0.39 is 0 Å². The van der Waals surface area contributed by atoms with Gasteiger partial charge in [-0.1, -0.05) is 20.8 Å². The normalized spacial score (nSPS) is 17.1. The molecule has 80 valence electrons. The molecule has 0 aliphatic rings. The Morgan fingerprint density at radius 1 is 1.38 bits per heavy atom. The zero-order valence-corrected chi connectivity index (χ0v) is 10.2. The van der Waals surface area contributed by atoms with Crippen LogP contribution in [0, 0.1) is 5.41 Å². The topological polar surface area (TPSA) is 32.3 Å². The Morgan fingerprint density at radius 2 is 1.92 bits per heavy atom. The number of aliphatic hydroxyl groups excluding tert-OH is 1. The lowest BCUT2D eigenvalue weighted by atomic mass is 9.96. The van der Waals surface area contributed by atoms with Crippen LogP contribution in [0.1, 0.15) is 27.7 Å². The molecule has 2 atom stereocenters. The molecule has 0 rings (SSSR count). The Kier molecular flexibility index (Phi) is 6.01. The third-order valence-electron chi connectivity index (χ3n) is 1.99. The number of nitrogens with one attached hydrogen (secondary N) is 1. The molecule has 0 aromatic carbocycles. The highest BCUT2D eigenvalue weighted by Crippen LogP contribution is 2.14. The van der Waals surface area contributed by atoms with Crippen molar-refractivity contribution in [3.8, 4) is 0 Å². The summed E-state index contributed by atoms with van der Waals surface area (Å²) in [4.78, 5) is 0. The molecule has 2 unspecified atom stereocenters. The summed E-state index contributed by atoms with van der Waals surface area (Å²) in [5, 5.41) is 12.8. The van der Waals surface area contributed by atoms with E-state index in [1.54, 1.807) is 11.8 Å². The Balaban J connectivity index is 3.78. The van der Waals surface area contributed by atoms with Crippen molar-refractivity contribution in [2.75, 3.05) is 19.4 Å². The Hall–Kier alpha value is 0.270. The van der Waals surface area contributed by atoms with Crippen LogP contribution in [0.3, 0.4) is 0 Å². The lowest BCUT2D eigenvalue weighted by Crippen LogP contribution is -2.41. The fourth-order valence-electron chi connectivity index (χ4n) is 1.04. The molecule has 0 heterocycles. The molecule has 0 bridgehead atoms. The minimum absolute atomic E-state index is 0.249. The maximum absolute atomic E-state index is 9.07. The minimum Gasteiger partial charge on any atom is -0.395 e. The fraction of sp³-hybridized carbons (Fsp3) is 1.00. The zero-order valence-electron chi connectivity index (χ0n) is 9.42. The zero-order chi connectivity index (χ0) is 10.5. The Labute approximate surface area is 86.5 Å². The van der Waals surface area contributed by atoms with Gasteiger partial charge >= 0.3 is 0 Å². The van der Waals surface area contributed by atoms with Crippen molar-refractivity contribution in [1.29, 1.82) is 0 Å². The van der Waals surface area contributed by atoms with Gasteiger partial charge in [0.1, 0.15) is 0 Å². The van der Waals surface area contributed by atoms with E-state index in [4.69, 9.17) is 5.11 Å². The van der Waals surface area contributed by atoms with Crippen LogP contribution in [0.5, 0.6) is 0 Å². The van der Waals surface area contributed by atoms with Gasteiger partial charge in [-0.05, 0) is 18.6 Å². The van der Waals surface area contributed by atoms with Crippen LogP contribution < -0.4 is 5.32 Å². The fourth-order valence-corrected chi connectivity index (χ4v) is 1.69. The van der Waals surface area contributed by atoms with E-state index in [1.165, 1.54) is 0 Å². The molecule has 0 aromatic heterocycles. The summed E-state index contributed by atoms with van der Waals surface area (Å²) < 4.78 is 0. The van der Waals surface area contributed by atoms with Crippen molar-refractivity contribution in [3.05, 3.63) is 0 Å². The van der Waals surface area contributed by atoms with Crippen molar-refractivity contribution in [2.24, 2.45) is 5.41 Å². The summed E-state index contributed by atoms with van der Waals surface area (Å²) in [5.74, 6) is 0. The van der Waals surface area contributed by atoms with Crippen LogP contribution in [0.15, 0.2) is 0 Å². The molecule has 2 nitrogen and oxygen atoms in total. The molecule has 2 N–H and O–H groups in total. The molecule has 0 saturated heterocycles. The molecule has 0 spiro atoms. The molecule has 0 amide bonds. The number of thioether (sulfide) groups is 1.